The maximum Gasteiger partial charge on any atom is 0.264 e. The van der Waals surface area contributed by atoms with Crippen LogP contribution < -0.4 is 4.72 Å². The lowest BCUT2D eigenvalue weighted by molar-refractivity contribution is 0.570. The molecule has 0 amide bonds. The summed E-state index contributed by atoms with van der Waals surface area (Å²) in [6, 6.07) is 8.75. The molecule has 0 atom stereocenters. The fourth-order valence-electron chi connectivity index (χ4n) is 1.67. The zero-order valence-electron chi connectivity index (χ0n) is 10.0. The summed E-state index contributed by atoms with van der Waals surface area (Å²) >= 11 is 0. The van der Waals surface area contributed by atoms with Crippen LogP contribution in [0.2, 0.25) is 0 Å². The second-order valence-electron chi connectivity index (χ2n) is 4.05. The topological polar surface area (TPSA) is 46.2 Å². The fraction of sp³-hybridized carbons (Fsp3) is 0.0769. The summed E-state index contributed by atoms with van der Waals surface area (Å²) in [5.41, 5.74) is 0.618. The number of benzene rings is 2. The zero-order valence-corrected chi connectivity index (χ0v) is 10.8. The minimum atomic E-state index is -4.07. The van der Waals surface area contributed by atoms with Crippen molar-refractivity contribution >= 4 is 15.7 Å². The molecule has 1 N–H and O–H groups in total. The van der Waals surface area contributed by atoms with Crippen molar-refractivity contribution in [3.8, 4) is 0 Å². The van der Waals surface area contributed by atoms with Gasteiger partial charge in [-0.2, -0.15) is 0 Å². The SMILES string of the molecule is Cc1cc(F)cc(NS(=O)(=O)c2ccccc2F)c1. The minimum absolute atomic E-state index is 0.0563. The summed E-state index contributed by atoms with van der Waals surface area (Å²) in [6.45, 7) is 1.63. The van der Waals surface area contributed by atoms with Gasteiger partial charge in [0.15, 0.2) is 0 Å². The van der Waals surface area contributed by atoms with Crippen molar-refractivity contribution in [3.63, 3.8) is 0 Å². The van der Waals surface area contributed by atoms with E-state index in [0.29, 0.717) is 5.56 Å². The smallest absolute Gasteiger partial charge is 0.264 e. The number of rotatable bonds is 3. The standard InChI is InChI=1S/C13H11F2NO2S/c1-9-6-10(14)8-11(7-9)16-19(17,18)13-5-3-2-4-12(13)15/h2-8,16H,1H3. The van der Waals surface area contributed by atoms with Gasteiger partial charge in [-0.25, -0.2) is 17.2 Å². The predicted octanol–water partition coefficient (Wildman–Crippen LogP) is 3.07. The molecule has 2 aromatic carbocycles. The van der Waals surface area contributed by atoms with Crippen molar-refractivity contribution in [1.29, 1.82) is 0 Å². The molecule has 19 heavy (non-hydrogen) atoms. The van der Waals surface area contributed by atoms with Crippen molar-refractivity contribution < 1.29 is 17.2 Å². The van der Waals surface area contributed by atoms with Gasteiger partial charge in [0.1, 0.15) is 16.5 Å². The van der Waals surface area contributed by atoms with E-state index in [4.69, 9.17) is 0 Å². The molecule has 0 spiro atoms. The van der Waals surface area contributed by atoms with E-state index in [1.54, 1.807) is 6.92 Å². The molecule has 0 saturated carbocycles. The van der Waals surface area contributed by atoms with Crippen molar-refractivity contribution in [3.05, 3.63) is 59.7 Å². The lowest BCUT2D eigenvalue weighted by Crippen LogP contribution is -2.14. The minimum Gasteiger partial charge on any atom is -0.279 e. The lowest BCUT2D eigenvalue weighted by Gasteiger charge is -2.09. The third kappa shape index (κ3) is 3.08. The molecule has 100 valence electrons. The molecule has 0 saturated heterocycles. The molecule has 2 rings (SSSR count). The van der Waals surface area contributed by atoms with Gasteiger partial charge in [-0.05, 0) is 42.8 Å². The molecule has 0 unspecified atom stereocenters. The monoisotopic (exact) mass is 283 g/mol. The Morgan fingerprint density at radius 2 is 1.74 bits per heavy atom. The van der Waals surface area contributed by atoms with Gasteiger partial charge in [-0.3, -0.25) is 4.72 Å². The van der Waals surface area contributed by atoms with Crippen LogP contribution in [0.25, 0.3) is 0 Å². The van der Waals surface area contributed by atoms with Crippen LogP contribution in [0.1, 0.15) is 5.56 Å². The average Bonchev–Trinajstić information content (AvgIpc) is 2.26. The highest BCUT2D eigenvalue weighted by molar-refractivity contribution is 7.92. The second kappa shape index (κ2) is 4.97. The maximum absolute atomic E-state index is 13.5. The van der Waals surface area contributed by atoms with E-state index in [1.807, 2.05) is 0 Å². The molecule has 2 aromatic rings. The Balaban J connectivity index is 2.39. The molecular formula is C13H11F2NO2S. The van der Waals surface area contributed by atoms with Crippen LogP contribution in [0.15, 0.2) is 47.4 Å². The number of halogens is 2. The Labute approximate surface area is 109 Å². The first-order valence-electron chi connectivity index (χ1n) is 5.43. The largest absolute Gasteiger partial charge is 0.279 e. The molecule has 0 aromatic heterocycles. The van der Waals surface area contributed by atoms with E-state index in [0.717, 1.165) is 18.2 Å². The van der Waals surface area contributed by atoms with E-state index in [2.05, 4.69) is 4.72 Å². The van der Waals surface area contributed by atoms with Gasteiger partial charge < -0.3 is 0 Å². The normalized spacial score (nSPS) is 11.3. The summed E-state index contributed by atoms with van der Waals surface area (Å²) < 4.78 is 52.7. The highest BCUT2D eigenvalue weighted by Gasteiger charge is 2.18. The number of anilines is 1. The van der Waals surface area contributed by atoms with Gasteiger partial charge in [0.05, 0.1) is 5.69 Å². The van der Waals surface area contributed by atoms with Crippen LogP contribution in [0, 0.1) is 18.6 Å². The highest BCUT2D eigenvalue weighted by atomic mass is 32.2. The Morgan fingerprint density at radius 1 is 1.05 bits per heavy atom. The van der Waals surface area contributed by atoms with Crippen molar-refractivity contribution in [2.24, 2.45) is 0 Å². The third-order valence-corrected chi connectivity index (χ3v) is 3.84. The summed E-state index contributed by atoms with van der Waals surface area (Å²) in [5.74, 6) is -1.42. The molecule has 0 heterocycles. The van der Waals surface area contributed by atoms with Gasteiger partial charge >= 0.3 is 0 Å². The summed E-state index contributed by atoms with van der Waals surface area (Å²) in [5, 5.41) is 0. The highest BCUT2D eigenvalue weighted by Crippen LogP contribution is 2.20. The molecule has 6 heteroatoms. The first-order chi connectivity index (χ1) is 8.88. The first kappa shape index (κ1) is 13.5. The van der Waals surface area contributed by atoms with E-state index in [1.165, 1.54) is 24.3 Å². The van der Waals surface area contributed by atoms with Gasteiger partial charge in [0.25, 0.3) is 10.0 Å². The van der Waals surface area contributed by atoms with Gasteiger partial charge in [0, 0.05) is 0 Å². The molecular weight excluding hydrogens is 272 g/mol. The van der Waals surface area contributed by atoms with Crippen molar-refractivity contribution in [2.75, 3.05) is 4.72 Å². The number of nitrogens with one attached hydrogen (secondary N) is 1. The first-order valence-corrected chi connectivity index (χ1v) is 6.91. The van der Waals surface area contributed by atoms with Crippen molar-refractivity contribution in [1.82, 2.24) is 0 Å². The number of aryl methyl sites for hydroxylation is 1. The van der Waals surface area contributed by atoms with E-state index in [-0.39, 0.29) is 5.69 Å². The van der Waals surface area contributed by atoms with E-state index < -0.39 is 26.6 Å². The predicted molar refractivity (Wildman–Crippen MR) is 68.3 cm³/mol. The number of hydrogen-bond acceptors (Lipinski definition) is 2. The molecule has 0 aliphatic heterocycles. The van der Waals surface area contributed by atoms with Gasteiger partial charge in [-0.1, -0.05) is 12.1 Å². The van der Waals surface area contributed by atoms with Crippen LogP contribution in [-0.4, -0.2) is 8.42 Å². The van der Waals surface area contributed by atoms with Crippen LogP contribution in [0.3, 0.4) is 0 Å². The number of sulfonamides is 1. The Bertz CT molecular complexity index is 694. The van der Waals surface area contributed by atoms with E-state index in [9.17, 15) is 17.2 Å². The van der Waals surface area contributed by atoms with Crippen LogP contribution in [-0.2, 0) is 10.0 Å². The van der Waals surface area contributed by atoms with Crippen LogP contribution >= 0.6 is 0 Å². The molecule has 0 radical (unpaired) electrons. The maximum atomic E-state index is 13.5. The molecule has 0 aliphatic carbocycles. The zero-order chi connectivity index (χ0) is 14.0. The second-order valence-corrected chi connectivity index (χ2v) is 5.70. The Hall–Kier alpha value is -1.95. The molecule has 0 bridgehead atoms. The number of hydrogen-bond donors (Lipinski definition) is 1. The van der Waals surface area contributed by atoms with Crippen LogP contribution in [0.5, 0.6) is 0 Å². The molecule has 0 aliphatic rings. The van der Waals surface area contributed by atoms with E-state index >= 15 is 0 Å². The lowest BCUT2D eigenvalue weighted by atomic mass is 10.2. The summed E-state index contributed by atoms with van der Waals surface area (Å²) in [6.07, 6.45) is 0. The third-order valence-electron chi connectivity index (χ3n) is 2.42. The fourth-order valence-corrected chi connectivity index (χ4v) is 2.79. The quantitative estimate of drug-likeness (QED) is 0.941. The summed E-state index contributed by atoms with van der Waals surface area (Å²) in [4.78, 5) is -0.475. The molecule has 3 nitrogen and oxygen atoms in total. The van der Waals surface area contributed by atoms with Gasteiger partial charge in [-0.15, -0.1) is 0 Å². The van der Waals surface area contributed by atoms with Crippen molar-refractivity contribution in [2.45, 2.75) is 11.8 Å². The summed E-state index contributed by atoms with van der Waals surface area (Å²) in [7, 11) is -4.07. The van der Waals surface area contributed by atoms with Crippen LogP contribution in [0.4, 0.5) is 14.5 Å². The van der Waals surface area contributed by atoms with Gasteiger partial charge in [0.2, 0.25) is 0 Å². The Kier molecular flexibility index (Phi) is 3.53. The average molecular weight is 283 g/mol. The molecule has 0 fully saturated rings. The Morgan fingerprint density at radius 3 is 2.37 bits per heavy atom.